The molecule has 0 amide bonds. The van der Waals surface area contributed by atoms with Crippen LogP contribution >= 0.6 is 11.3 Å². The molecule has 120 valence electrons. The van der Waals surface area contributed by atoms with Crippen LogP contribution in [0.4, 0.5) is 0 Å². The summed E-state index contributed by atoms with van der Waals surface area (Å²) in [6.07, 6.45) is 5.59. The van der Waals surface area contributed by atoms with Gasteiger partial charge in [0.25, 0.3) is 0 Å². The van der Waals surface area contributed by atoms with Gasteiger partial charge >= 0.3 is 0 Å². The van der Waals surface area contributed by atoms with Crippen molar-refractivity contribution in [1.82, 2.24) is 10.2 Å². The van der Waals surface area contributed by atoms with Crippen LogP contribution in [-0.2, 0) is 6.54 Å². The molecule has 1 aromatic rings. The molecule has 21 heavy (non-hydrogen) atoms. The van der Waals surface area contributed by atoms with E-state index in [0.717, 1.165) is 25.6 Å². The minimum Gasteiger partial charge on any atom is -0.316 e. The third-order valence-corrected chi connectivity index (χ3v) is 5.91. The third-order valence-electron chi connectivity index (χ3n) is 5.05. The second-order valence-corrected chi connectivity index (χ2v) is 7.88. The minimum absolute atomic E-state index is 0.496. The minimum atomic E-state index is 0.496. The highest BCUT2D eigenvalue weighted by molar-refractivity contribution is 7.09. The van der Waals surface area contributed by atoms with Crippen LogP contribution in [0.2, 0.25) is 0 Å². The Kier molecular flexibility index (Phi) is 6.72. The van der Waals surface area contributed by atoms with Gasteiger partial charge in [-0.25, -0.2) is 0 Å². The van der Waals surface area contributed by atoms with Crippen molar-refractivity contribution in [3.8, 4) is 0 Å². The van der Waals surface area contributed by atoms with Crippen molar-refractivity contribution >= 4 is 11.3 Å². The van der Waals surface area contributed by atoms with Crippen molar-refractivity contribution in [1.29, 1.82) is 0 Å². The van der Waals surface area contributed by atoms with Crippen molar-refractivity contribution in [2.75, 3.05) is 26.2 Å². The van der Waals surface area contributed by atoms with Crippen molar-refractivity contribution in [2.45, 2.75) is 53.0 Å². The van der Waals surface area contributed by atoms with Crippen molar-refractivity contribution < 1.29 is 0 Å². The van der Waals surface area contributed by atoms with Crippen molar-refractivity contribution in [3.63, 3.8) is 0 Å². The van der Waals surface area contributed by atoms with Crippen molar-refractivity contribution in [2.24, 2.45) is 11.3 Å². The molecule has 1 fully saturated rings. The van der Waals surface area contributed by atoms with Gasteiger partial charge in [-0.3, -0.25) is 4.90 Å². The smallest absolute Gasteiger partial charge is 0.0328 e. The maximum absolute atomic E-state index is 3.64. The first-order valence-corrected chi connectivity index (χ1v) is 9.51. The summed E-state index contributed by atoms with van der Waals surface area (Å²) >= 11 is 1.89. The number of nitrogens with zero attached hydrogens (tertiary/aromatic N) is 1. The Balaban J connectivity index is 1.98. The Morgan fingerprint density at radius 1 is 1.33 bits per heavy atom. The quantitative estimate of drug-likeness (QED) is 0.767. The van der Waals surface area contributed by atoms with Gasteiger partial charge in [0.15, 0.2) is 0 Å². The summed E-state index contributed by atoms with van der Waals surface area (Å²) in [4.78, 5) is 4.15. The van der Waals surface area contributed by atoms with E-state index in [1.54, 1.807) is 0 Å². The Hall–Kier alpha value is -0.380. The Labute approximate surface area is 134 Å². The number of hydrogen-bond acceptors (Lipinski definition) is 3. The highest BCUT2D eigenvalue weighted by Gasteiger charge is 2.35. The summed E-state index contributed by atoms with van der Waals surface area (Å²) in [5.74, 6) is 0.923. The first-order valence-electron chi connectivity index (χ1n) is 8.63. The van der Waals surface area contributed by atoms with E-state index in [1.165, 1.54) is 43.6 Å². The number of nitrogens with one attached hydrogen (secondary N) is 1. The Morgan fingerprint density at radius 3 is 2.67 bits per heavy atom. The van der Waals surface area contributed by atoms with Gasteiger partial charge < -0.3 is 5.32 Å². The Morgan fingerprint density at radius 2 is 2.10 bits per heavy atom. The SMILES string of the molecule is CCNCC1(CN(CC)Cc2cccs2)CCC(C)CC1. The molecule has 1 aromatic heterocycles. The summed E-state index contributed by atoms with van der Waals surface area (Å²) < 4.78 is 0. The van der Waals surface area contributed by atoms with Gasteiger partial charge in [0, 0.05) is 24.5 Å². The molecule has 0 spiro atoms. The highest BCUT2D eigenvalue weighted by atomic mass is 32.1. The number of rotatable bonds is 8. The molecule has 0 radical (unpaired) electrons. The first-order chi connectivity index (χ1) is 10.2. The van der Waals surface area contributed by atoms with Gasteiger partial charge in [0.2, 0.25) is 0 Å². The molecule has 0 saturated heterocycles. The molecule has 0 atom stereocenters. The van der Waals surface area contributed by atoms with Crippen LogP contribution in [0.25, 0.3) is 0 Å². The molecule has 1 N–H and O–H groups in total. The second-order valence-electron chi connectivity index (χ2n) is 6.85. The molecule has 2 rings (SSSR count). The zero-order chi connectivity index (χ0) is 15.1. The molecule has 2 nitrogen and oxygen atoms in total. The van der Waals surface area contributed by atoms with E-state index in [1.807, 2.05) is 11.3 Å². The van der Waals surface area contributed by atoms with Gasteiger partial charge in [-0.05, 0) is 48.7 Å². The topological polar surface area (TPSA) is 15.3 Å². The number of hydrogen-bond donors (Lipinski definition) is 1. The standard InChI is InChI=1S/C18H32N2S/c1-4-19-14-18(10-8-16(3)9-11-18)15-20(5-2)13-17-7-6-12-21-17/h6-7,12,16,19H,4-5,8-11,13-15H2,1-3H3. The molecule has 0 bridgehead atoms. The molecule has 1 heterocycles. The molecule has 0 unspecified atom stereocenters. The monoisotopic (exact) mass is 308 g/mol. The van der Waals surface area contributed by atoms with E-state index >= 15 is 0 Å². The fourth-order valence-corrected chi connectivity index (χ4v) is 4.28. The fourth-order valence-electron chi connectivity index (χ4n) is 3.53. The van der Waals surface area contributed by atoms with Crippen LogP contribution in [0.15, 0.2) is 17.5 Å². The average molecular weight is 309 g/mol. The van der Waals surface area contributed by atoms with Crippen LogP contribution in [0, 0.1) is 11.3 Å². The zero-order valence-corrected chi connectivity index (χ0v) is 14.8. The van der Waals surface area contributed by atoms with Gasteiger partial charge in [-0.1, -0.05) is 39.7 Å². The maximum Gasteiger partial charge on any atom is 0.0328 e. The van der Waals surface area contributed by atoms with Gasteiger partial charge in [-0.2, -0.15) is 0 Å². The third kappa shape index (κ3) is 5.08. The lowest BCUT2D eigenvalue weighted by molar-refractivity contribution is 0.0862. The molecule has 3 heteroatoms. The summed E-state index contributed by atoms with van der Waals surface area (Å²) in [6.45, 7) is 12.8. The van der Waals surface area contributed by atoms with Gasteiger partial charge in [-0.15, -0.1) is 11.3 Å². The van der Waals surface area contributed by atoms with E-state index in [9.17, 15) is 0 Å². The molecule has 1 aliphatic carbocycles. The van der Waals surface area contributed by atoms with Crippen molar-refractivity contribution in [3.05, 3.63) is 22.4 Å². The normalized spacial score (nSPS) is 26.4. The molecule has 0 aromatic carbocycles. The van der Waals surface area contributed by atoms with Crippen LogP contribution in [0.5, 0.6) is 0 Å². The van der Waals surface area contributed by atoms with Crippen LogP contribution in [0.1, 0.15) is 51.3 Å². The number of thiophene rings is 1. The van der Waals surface area contributed by atoms with Crippen LogP contribution in [-0.4, -0.2) is 31.1 Å². The van der Waals surface area contributed by atoms with E-state index in [-0.39, 0.29) is 0 Å². The molecule has 1 aliphatic rings. The van der Waals surface area contributed by atoms with E-state index in [4.69, 9.17) is 0 Å². The van der Waals surface area contributed by atoms with Gasteiger partial charge in [0.1, 0.15) is 0 Å². The lowest BCUT2D eigenvalue weighted by Gasteiger charge is -2.43. The lowest BCUT2D eigenvalue weighted by Crippen LogP contribution is -2.46. The fraction of sp³-hybridized carbons (Fsp3) is 0.778. The first kappa shape index (κ1) is 17.0. The van der Waals surface area contributed by atoms with Crippen LogP contribution in [0.3, 0.4) is 0 Å². The lowest BCUT2D eigenvalue weighted by atomic mass is 9.70. The molecular weight excluding hydrogens is 276 g/mol. The van der Waals surface area contributed by atoms with E-state index in [2.05, 4.69) is 48.5 Å². The Bertz CT molecular complexity index is 374. The predicted molar refractivity (Wildman–Crippen MR) is 93.9 cm³/mol. The maximum atomic E-state index is 3.64. The summed E-state index contributed by atoms with van der Waals surface area (Å²) in [5.41, 5.74) is 0.496. The van der Waals surface area contributed by atoms with Gasteiger partial charge in [0.05, 0.1) is 0 Å². The van der Waals surface area contributed by atoms with Crippen LogP contribution < -0.4 is 5.32 Å². The zero-order valence-electron chi connectivity index (χ0n) is 14.0. The van der Waals surface area contributed by atoms with E-state index < -0.39 is 0 Å². The van der Waals surface area contributed by atoms with E-state index in [0.29, 0.717) is 5.41 Å². The summed E-state index contributed by atoms with van der Waals surface area (Å²) in [5, 5.41) is 5.83. The average Bonchev–Trinajstić information content (AvgIpc) is 3.00. The summed E-state index contributed by atoms with van der Waals surface area (Å²) in [6, 6.07) is 4.44. The predicted octanol–water partition coefficient (Wildman–Crippen LogP) is 4.38. The molecule has 0 aliphatic heterocycles. The second kappa shape index (κ2) is 8.30. The summed E-state index contributed by atoms with van der Waals surface area (Å²) in [7, 11) is 0. The largest absolute Gasteiger partial charge is 0.316 e. The molecule has 1 saturated carbocycles. The highest BCUT2D eigenvalue weighted by Crippen LogP contribution is 2.39. The molecular formula is C18H32N2S.